The standard InChI is InChI=1S/C18H27N5O2/c1-6-13(11-19)7-8-14-20-16-15(23(14)10-9-12(2)3)17(24)22(5)18(25)21(16)4/h9,11,13,19H,6-8,10H2,1-5H3. The van der Waals surface area contributed by atoms with E-state index in [1.165, 1.54) is 17.8 Å². The minimum absolute atomic E-state index is 0.198. The molecule has 1 N–H and O–H groups in total. The number of nitrogens with zero attached hydrogens (tertiary/aromatic N) is 4. The van der Waals surface area contributed by atoms with Gasteiger partial charge >= 0.3 is 5.69 Å². The highest BCUT2D eigenvalue weighted by Crippen LogP contribution is 2.16. The maximum atomic E-state index is 12.7. The van der Waals surface area contributed by atoms with Crippen LogP contribution in [0.1, 0.15) is 39.4 Å². The molecule has 2 rings (SSSR count). The van der Waals surface area contributed by atoms with Gasteiger partial charge in [-0.1, -0.05) is 18.6 Å². The van der Waals surface area contributed by atoms with Crippen molar-refractivity contribution in [1.29, 1.82) is 5.41 Å². The Labute approximate surface area is 147 Å². The Balaban J connectivity index is 2.65. The van der Waals surface area contributed by atoms with E-state index in [9.17, 15) is 9.59 Å². The van der Waals surface area contributed by atoms with Crippen molar-refractivity contribution in [2.24, 2.45) is 20.0 Å². The average Bonchev–Trinajstić information content (AvgIpc) is 2.95. The molecule has 7 nitrogen and oxygen atoms in total. The van der Waals surface area contributed by atoms with E-state index in [0.29, 0.717) is 24.1 Å². The number of aromatic nitrogens is 4. The minimum atomic E-state index is -0.373. The highest BCUT2D eigenvalue weighted by atomic mass is 16.2. The maximum absolute atomic E-state index is 12.7. The van der Waals surface area contributed by atoms with E-state index in [4.69, 9.17) is 5.41 Å². The predicted octanol–water partition coefficient (Wildman–Crippen LogP) is 2.01. The van der Waals surface area contributed by atoms with E-state index >= 15 is 0 Å². The third-order valence-corrected chi connectivity index (χ3v) is 4.61. The number of aryl methyl sites for hydroxylation is 2. The van der Waals surface area contributed by atoms with Crippen LogP contribution in [-0.2, 0) is 27.1 Å². The molecule has 0 spiro atoms. The zero-order chi connectivity index (χ0) is 18.7. The van der Waals surface area contributed by atoms with E-state index in [2.05, 4.69) is 11.9 Å². The average molecular weight is 345 g/mol. The summed E-state index contributed by atoms with van der Waals surface area (Å²) in [5.74, 6) is 0.981. The molecule has 0 saturated heterocycles. The summed E-state index contributed by atoms with van der Waals surface area (Å²) in [5, 5.41) is 7.49. The Hall–Kier alpha value is -2.44. The topological polar surface area (TPSA) is 85.7 Å². The summed E-state index contributed by atoms with van der Waals surface area (Å²) in [6.07, 6.45) is 5.88. The molecule has 1 atom stereocenters. The molecular weight excluding hydrogens is 318 g/mol. The van der Waals surface area contributed by atoms with E-state index in [1.807, 2.05) is 24.5 Å². The fraction of sp³-hybridized carbons (Fsp3) is 0.556. The first-order valence-corrected chi connectivity index (χ1v) is 8.60. The van der Waals surface area contributed by atoms with Crippen molar-refractivity contribution in [1.82, 2.24) is 18.7 Å². The summed E-state index contributed by atoms with van der Waals surface area (Å²) >= 11 is 0. The Morgan fingerprint density at radius 1 is 1.24 bits per heavy atom. The summed E-state index contributed by atoms with van der Waals surface area (Å²) in [5.41, 5.74) is 1.34. The molecule has 0 saturated carbocycles. The smallest absolute Gasteiger partial charge is 0.318 e. The highest BCUT2D eigenvalue weighted by molar-refractivity contribution is 5.71. The van der Waals surface area contributed by atoms with E-state index < -0.39 is 0 Å². The SMILES string of the molecule is CCC(C=N)CCc1nc2c(c(=O)n(C)c(=O)n2C)n1CC=C(C)C. The van der Waals surface area contributed by atoms with Crippen LogP contribution >= 0.6 is 0 Å². The zero-order valence-corrected chi connectivity index (χ0v) is 15.7. The van der Waals surface area contributed by atoms with Crippen molar-refractivity contribution < 1.29 is 0 Å². The molecule has 7 heteroatoms. The molecule has 0 bridgehead atoms. The molecular formula is C18H27N5O2. The van der Waals surface area contributed by atoms with Crippen LogP contribution in [0.2, 0.25) is 0 Å². The Kier molecular flexibility index (Phi) is 5.77. The maximum Gasteiger partial charge on any atom is 0.332 e. The summed E-state index contributed by atoms with van der Waals surface area (Å²) in [6.45, 7) is 6.62. The third-order valence-electron chi connectivity index (χ3n) is 4.61. The second-order valence-corrected chi connectivity index (χ2v) is 6.67. The molecule has 0 aliphatic carbocycles. The van der Waals surface area contributed by atoms with Crippen LogP contribution in [-0.4, -0.2) is 24.9 Å². The normalized spacial score (nSPS) is 12.4. The van der Waals surface area contributed by atoms with Gasteiger partial charge in [0, 0.05) is 27.1 Å². The minimum Gasteiger partial charge on any atom is -0.318 e. The number of allylic oxidation sites excluding steroid dienone is 2. The van der Waals surface area contributed by atoms with Crippen molar-refractivity contribution in [3.05, 3.63) is 38.3 Å². The first kappa shape index (κ1) is 18.9. The van der Waals surface area contributed by atoms with Gasteiger partial charge in [0.15, 0.2) is 11.2 Å². The van der Waals surface area contributed by atoms with Gasteiger partial charge in [-0.05, 0) is 38.8 Å². The van der Waals surface area contributed by atoms with Gasteiger partial charge in [0.1, 0.15) is 5.82 Å². The second-order valence-electron chi connectivity index (χ2n) is 6.67. The largest absolute Gasteiger partial charge is 0.332 e. The van der Waals surface area contributed by atoms with Crippen molar-refractivity contribution in [2.45, 2.75) is 46.6 Å². The lowest BCUT2D eigenvalue weighted by Crippen LogP contribution is -2.37. The summed E-state index contributed by atoms with van der Waals surface area (Å²) < 4.78 is 4.45. The molecule has 2 heterocycles. The van der Waals surface area contributed by atoms with Crippen molar-refractivity contribution in [2.75, 3.05) is 0 Å². The van der Waals surface area contributed by atoms with E-state index in [-0.39, 0.29) is 17.2 Å². The lowest BCUT2D eigenvalue weighted by molar-refractivity contribution is 0.588. The van der Waals surface area contributed by atoms with Crippen molar-refractivity contribution in [3.8, 4) is 0 Å². The van der Waals surface area contributed by atoms with Crippen LogP contribution in [0.5, 0.6) is 0 Å². The van der Waals surface area contributed by atoms with Crippen molar-refractivity contribution in [3.63, 3.8) is 0 Å². The van der Waals surface area contributed by atoms with Gasteiger partial charge in [-0.3, -0.25) is 13.9 Å². The van der Waals surface area contributed by atoms with Crippen molar-refractivity contribution >= 4 is 17.4 Å². The molecule has 136 valence electrons. The molecule has 0 radical (unpaired) electrons. The Morgan fingerprint density at radius 3 is 2.48 bits per heavy atom. The molecule has 25 heavy (non-hydrogen) atoms. The fourth-order valence-corrected chi connectivity index (χ4v) is 2.87. The Bertz CT molecular complexity index is 926. The molecule has 0 aliphatic heterocycles. The van der Waals surface area contributed by atoms with Gasteiger partial charge in [0.2, 0.25) is 0 Å². The number of hydrogen-bond donors (Lipinski definition) is 1. The fourth-order valence-electron chi connectivity index (χ4n) is 2.87. The van der Waals surface area contributed by atoms with Crippen LogP contribution < -0.4 is 11.2 Å². The highest BCUT2D eigenvalue weighted by Gasteiger charge is 2.19. The molecule has 0 aliphatic rings. The molecule has 2 aromatic rings. The lowest BCUT2D eigenvalue weighted by atomic mass is 10.0. The number of hydrogen-bond acceptors (Lipinski definition) is 4. The van der Waals surface area contributed by atoms with Gasteiger partial charge in [0.05, 0.1) is 0 Å². The predicted molar refractivity (Wildman–Crippen MR) is 101 cm³/mol. The summed E-state index contributed by atoms with van der Waals surface area (Å²) in [6, 6.07) is 0. The van der Waals surface area contributed by atoms with Gasteiger partial charge in [-0.2, -0.15) is 0 Å². The number of imidazole rings is 1. The first-order valence-electron chi connectivity index (χ1n) is 8.60. The number of fused-ring (bicyclic) bond motifs is 1. The number of nitrogens with one attached hydrogen (secondary N) is 1. The van der Waals surface area contributed by atoms with Crippen LogP contribution in [0.15, 0.2) is 21.2 Å². The quantitative estimate of drug-likeness (QED) is 0.615. The summed E-state index contributed by atoms with van der Waals surface area (Å²) in [7, 11) is 3.13. The van der Waals surface area contributed by atoms with Crippen LogP contribution in [0, 0.1) is 11.3 Å². The van der Waals surface area contributed by atoms with Crippen LogP contribution in [0.4, 0.5) is 0 Å². The van der Waals surface area contributed by atoms with Crippen LogP contribution in [0.25, 0.3) is 11.2 Å². The zero-order valence-electron chi connectivity index (χ0n) is 15.7. The first-order chi connectivity index (χ1) is 11.8. The van der Waals surface area contributed by atoms with E-state index in [0.717, 1.165) is 28.8 Å². The van der Waals surface area contributed by atoms with Gasteiger partial charge < -0.3 is 9.98 Å². The molecule has 0 fully saturated rings. The van der Waals surface area contributed by atoms with Gasteiger partial charge in [-0.15, -0.1) is 0 Å². The Morgan fingerprint density at radius 2 is 1.92 bits per heavy atom. The number of rotatable bonds is 7. The van der Waals surface area contributed by atoms with Crippen LogP contribution in [0.3, 0.4) is 0 Å². The molecule has 1 unspecified atom stereocenters. The molecule has 2 aromatic heterocycles. The van der Waals surface area contributed by atoms with E-state index in [1.54, 1.807) is 7.05 Å². The molecule has 0 amide bonds. The lowest BCUT2D eigenvalue weighted by Gasteiger charge is -2.10. The monoisotopic (exact) mass is 345 g/mol. The summed E-state index contributed by atoms with van der Waals surface area (Å²) in [4.78, 5) is 29.4. The van der Waals surface area contributed by atoms with Gasteiger partial charge in [-0.25, -0.2) is 9.78 Å². The van der Waals surface area contributed by atoms with Gasteiger partial charge in [0.25, 0.3) is 5.56 Å². The molecule has 0 aromatic carbocycles. The third kappa shape index (κ3) is 3.65. The second kappa shape index (κ2) is 7.63.